The Morgan fingerprint density at radius 3 is 2.69 bits per heavy atom. The van der Waals surface area contributed by atoms with Crippen LogP contribution in [0, 0.1) is 0 Å². The Labute approximate surface area is 173 Å². The number of carbonyl (C=O) groups excluding carboxylic acids is 1. The number of hydrogen-bond donors (Lipinski definition) is 1. The Bertz CT molecular complexity index is 711. The van der Waals surface area contributed by atoms with E-state index < -0.39 is 0 Å². The number of carbonyl (C=O) groups is 1. The molecule has 2 fully saturated rings. The Hall–Kier alpha value is -2.28. The Morgan fingerprint density at radius 2 is 1.97 bits per heavy atom. The minimum atomic E-state index is -0.280. The lowest BCUT2D eigenvalue weighted by Crippen LogP contribution is -2.50. The maximum atomic E-state index is 11.5. The Balaban J connectivity index is 1.28. The van der Waals surface area contributed by atoms with E-state index >= 15 is 0 Å². The van der Waals surface area contributed by atoms with Crippen LogP contribution < -0.4 is 15.1 Å². The van der Waals surface area contributed by atoms with E-state index in [1.165, 1.54) is 37.8 Å². The van der Waals surface area contributed by atoms with Gasteiger partial charge in [-0.1, -0.05) is 25.3 Å². The molecule has 4 rings (SSSR count). The lowest BCUT2D eigenvalue weighted by atomic mass is 9.93. The molecule has 1 aromatic carbocycles. The number of hydrazone groups is 1. The van der Waals surface area contributed by atoms with Gasteiger partial charge in [-0.25, -0.2) is 0 Å². The van der Waals surface area contributed by atoms with E-state index in [-0.39, 0.29) is 6.17 Å². The number of anilines is 1. The molecule has 0 aromatic heterocycles. The van der Waals surface area contributed by atoms with Crippen LogP contribution in [0.25, 0.3) is 0 Å². The van der Waals surface area contributed by atoms with Crippen LogP contribution in [-0.4, -0.2) is 74.0 Å². The van der Waals surface area contributed by atoms with Crippen LogP contribution in [0.15, 0.2) is 29.4 Å². The highest BCUT2D eigenvalue weighted by Gasteiger charge is 2.34. The summed E-state index contributed by atoms with van der Waals surface area (Å²) in [5.74, 6) is 1.97. The van der Waals surface area contributed by atoms with Gasteiger partial charge in [0.25, 0.3) is 0 Å². The first-order valence-corrected chi connectivity index (χ1v) is 11.0. The summed E-state index contributed by atoms with van der Waals surface area (Å²) < 4.78 is 5.35. The Morgan fingerprint density at radius 1 is 1.17 bits per heavy atom. The molecule has 29 heavy (non-hydrogen) atoms. The van der Waals surface area contributed by atoms with Crippen molar-refractivity contribution in [2.45, 2.75) is 50.7 Å². The molecule has 1 saturated heterocycles. The van der Waals surface area contributed by atoms with Crippen molar-refractivity contribution in [1.29, 1.82) is 0 Å². The predicted octanol–water partition coefficient (Wildman–Crippen LogP) is 2.28. The third kappa shape index (κ3) is 4.66. The molecule has 0 spiro atoms. The third-order valence-electron chi connectivity index (χ3n) is 6.46. The number of benzene rings is 1. The molecule has 0 amide bonds. The average Bonchev–Trinajstić information content (AvgIpc) is 3.21. The maximum Gasteiger partial charge on any atom is 0.173 e. The Kier molecular flexibility index (Phi) is 6.54. The number of aldehydes is 1. The standard InChI is InChI=1S/C22H33N5O2/c1-29-20-9-5-8-19(16-20)26-14-12-25(13-15-26)11-10-21-23-24-22(17-28)27(21)18-6-3-2-4-7-18/h5,8-9,16-18,22,24H,2-4,6-7,10-15H2,1H3. The molecular weight excluding hydrogens is 366 g/mol. The molecule has 158 valence electrons. The van der Waals surface area contributed by atoms with Crippen molar-refractivity contribution in [3.8, 4) is 5.75 Å². The first-order valence-electron chi connectivity index (χ1n) is 11.0. The SMILES string of the molecule is COc1cccc(N2CCN(CCC3=NNC(C=O)N3C3CCCCC3)CC2)c1. The number of nitrogens with zero attached hydrogens (tertiary/aromatic N) is 4. The van der Waals surface area contributed by atoms with E-state index in [4.69, 9.17) is 4.74 Å². The topological polar surface area (TPSA) is 60.4 Å². The van der Waals surface area contributed by atoms with E-state index in [2.05, 4.69) is 43.4 Å². The van der Waals surface area contributed by atoms with Gasteiger partial charge in [-0.2, -0.15) is 5.10 Å². The number of hydrogen-bond acceptors (Lipinski definition) is 7. The lowest BCUT2D eigenvalue weighted by Gasteiger charge is -2.38. The number of rotatable bonds is 7. The fourth-order valence-electron chi connectivity index (χ4n) is 4.79. The van der Waals surface area contributed by atoms with E-state index in [0.29, 0.717) is 6.04 Å². The number of methoxy groups -OCH3 is 1. The van der Waals surface area contributed by atoms with Crippen molar-refractivity contribution >= 4 is 17.8 Å². The number of nitrogens with one attached hydrogen (secondary N) is 1. The van der Waals surface area contributed by atoms with E-state index in [1.54, 1.807) is 7.11 Å². The molecule has 1 aliphatic carbocycles. The van der Waals surface area contributed by atoms with Crippen molar-refractivity contribution in [3.63, 3.8) is 0 Å². The largest absolute Gasteiger partial charge is 0.497 e. The zero-order valence-electron chi connectivity index (χ0n) is 17.4. The number of ether oxygens (including phenoxy) is 1. The summed E-state index contributed by atoms with van der Waals surface area (Å²) in [4.78, 5) is 18.7. The maximum absolute atomic E-state index is 11.5. The molecular formula is C22H33N5O2. The summed E-state index contributed by atoms with van der Waals surface area (Å²) in [6, 6.07) is 8.75. The van der Waals surface area contributed by atoms with Crippen LogP contribution in [-0.2, 0) is 4.79 Å². The van der Waals surface area contributed by atoms with Gasteiger partial charge in [0.05, 0.1) is 7.11 Å². The van der Waals surface area contributed by atoms with Crippen LogP contribution in [0.4, 0.5) is 5.69 Å². The smallest absolute Gasteiger partial charge is 0.173 e. The van der Waals surface area contributed by atoms with Gasteiger partial charge in [-0.15, -0.1) is 0 Å². The molecule has 1 saturated carbocycles. The van der Waals surface area contributed by atoms with E-state index in [0.717, 1.165) is 57.0 Å². The number of piperazine rings is 1. The molecule has 1 atom stereocenters. The molecule has 3 aliphatic rings. The summed E-state index contributed by atoms with van der Waals surface area (Å²) in [5.41, 5.74) is 4.27. The molecule has 2 aliphatic heterocycles. The minimum Gasteiger partial charge on any atom is -0.497 e. The summed E-state index contributed by atoms with van der Waals surface area (Å²) in [5, 5.41) is 4.52. The van der Waals surface area contributed by atoms with Crippen LogP contribution in [0.1, 0.15) is 38.5 Å². The van der Waals surface area contributed by atoms with Crippen LogP contribution >= 0.6 is 0 Å². The highest BCUT2D eigenvalue weighted by Crippen LogP contribution is 2.26. The van der Waals surface area contributed by atoms with E-state index in [1.807, 2.05) is 6.07 Å². The summed E-state index contributed by atoms with van der Waals surface area (Å²) in [7, 11) is 1.71. The van der Waals surface area contributed by atoms with Gasteiger partial charge in [-0.3, -0.25) is 15.1 Å². The monoisotopic (exact) mass is 399 g/mol. The number of amidine groups is 1. The van der Waals surface area contributed by atoms with Gasteiger partial charge in [-0.05, 0) is 25.0 Å². The molecule has 0 radical (unpaired) electrons. The first kappa shape index (κ1) is 20.0. The summed E-state index contributed by atoms with van der Waals surface area (Å²) in [6.07, 6.45) is 7.78. The van der Waals surface area contributed by atoms with Gasteiger partial charge in [0.1, 0.15) is 11.6 Å². The van der Waals surface area contributed by atoms with Crippen LogP contribution in [0.2, 0.25) is 0 Å². The van der Waals surface area contributed by atoms with Crippen molar-refractivity contribution in [3.05, 3.63) is 24.3 Å². The lowest BCUT2D eigenvalue weighted by molar-refractivity contribution is -0.112. The fraction of sp³-hybridized carbons (Fsp3) is 0.636. The van der Waals surface area contributed by atoms with Gasteiger partial charge < -0.3 is 14.5 Å². The zero-order valence-corrected chi connectivity index (χ0v) is 17.4. The average molecular weight is 400 g/mol. The highest BCUT2D eigenvalue weighted by molar-refractivity contribution is 5.87. The van der Waals surface area contributed by atoms with Crippen molar-refractivity contribution in [2.75, 3.05) is 44.7 Å². The van der Waals surface area contributed by atoms with Crippen molar-refractivity contribution < 1.29 is 9.53 Å². The van der Waals surface area contributed by atoms with Gasteiger partial charge >= 0.3 is 0 Å². The molecule has 7 heteroatoms. The molecule has 2 heterocycles. The summed E-state index contributed by atoms with van der Waals surface area (Å²) in [6.45, 7) is 5.10. The zero-order chi connectivity index (χ0) is 20.1. The second kappa shape index (κ2) is 9.48. The van der Waals surface area contributed by atoms with Gasteiger partial charge in [0.15, 0.2) is 12.5 Å². The minimum absolute atomic E-state index is 0.280. The second-order valence-electron chi connectivity index (χ2n) is 8.22. The van der Waals surface area contributed by atoms with E-state index in [9.17, 15) is 4.79 Å². The predicted molar refractivity (Wildman–Crippen MR) is 115 cm³/mol. The highest BCUT2D eigenvalue weighted by atomic mass is 16.5. The summed E-state index contributed by atoms with van der Waals surface area (Å²) >= 11 is 0. The molecule has 1 aromatic rings. The van der Waals surface area contributed by atoms with Crippen LogP contribution in [0.3, 0.4) is 0 Å². The molecule has 1 unspecified atom stereocenters. The normalized spacial score (nSPS) is 23.6. The van der Waals surface area contributed by atoms with Crippen molar-refractivity contribution in [2.24, 2.45) is 5.10 Å². The van der Waals surface area contributed by atoms with Gasteiger partial charge in [0.2, 0.25) is 0 Å². The molecule has 0 bridgehead atoms. The first-order chi connectivity index (χ1) is 14.3. The third-order valence-corrected chi connectivity index (χ3v) is 6.46. The fourth-order valence-corrected chi connectivity index (χ4v) is 4.79. The molecule has 1 N–H and O–H groups in total. The molecule has 7 nitrogen and oxygen atoms in total. The quantitative estimate of drug-likeness (QED) is 0.710. The van der Waals surface area contributed by atoms with Crippen molar-refractivity contribution in [1.82, 2.24) is 15.2 Å². The second-order valence-corrected chi connectivity index (χ2v) is 8.22. The van der Waals surface area contributed by atoms with Gasteiger partial charge in [0, 0.05) is 56.9 Å². The van der Waals surface area contributed by atoms with Crippen LogP contribution in [0.5, 0.6) is 5.75 Å².